The van der Waals surface area contributed by atoms with Crippen molar-refractivity contribution in [2.24, 2.45) is 7.05 Å². The lowest BCUT2D eigenvalue weighted by molar-refractivity contribution is -0.113. The van der Waals surface area contributed by atoms with Gasteiger partial charge < -0.3 is 14.6 Å². The molecular weight excluding hydrogens is 396 g/mol. The zero-order valence-corrected chi connectivity index (χ0v) is 17.6. The third kappa shape index (κ3) is 4.10. The first-order valence-corrected chi connectivity index (χ1v) is 10.3. The number of methoxy groups -OCH3 is 1. The van der Waals surface area contributed by atoms with E-state index in [2.05, 4.69) is 15.5 Å². The summed E-state index contributed by atoms with van der Waals surface area (Å²) in [5.41, 5.74) is 2.19. The number of esters is 1. The largest absolute Gasteiger partial charge is 0.465 e. The summed E-state index contributed by atoms with van der Waals surface area (Å²) in [5, 5.41) is 12.4. The molecule has 0 aliphatic heterocycles. The smallest absolute Gasteiger partial charge is 0.341 e. The molecule has 146 valence electrons. The fraction of sp³-hybridized carbons (Fsp3) is 0.263. The molecule has 0 bridgehead atoms. The Bertz CT molecular complexity index is 1010. The van der Waals surface area contributed by atoms with E-state index < -0.39 is 5.97 Å². The molecule has 2 heterocycles. The molecular formula is C19H20N4O3S2. The predicted molar refractivity (Wildman–Crippen MR) is 111 cm³/mol. The van der Waals surface area contributed by atoms with Crippen LogP contribution in [-0.2, 0) is 16.6 Å². The van der Waals surface area contributed by atoms with Crippen LogP contribution in [0.3, 0.4) is 0 Å². The molecule has 0 fully saturated rings. The van der Waals surface area contributed by atoms with E-state index >= 15 is 0 Å². The van der Waals surface area contributed by atoms with Crippen molar-refractivity contribution in [1.82, 2.24) is 14.8 Å². The van der Waals surface area contributed by atoms with Crippen LogP contribution in [0.2, 0.25) is 0 Å². The maximum atomic E-state index is 12.4. The number of carbonyl (C=O) groups excluding carboxylic acids is 2. The van der Waals surface area contributed by atoms with Crippen LogP contribution in [0.4, 0.5) is 5.00 Å². The highest BCUT2D eigenvalue weighted by Gasteiger charge is 2.22. The number of benzene rings is 1. The number of hydrogen-bond donors (Lipinski definition) is 1. The lowest BCUT2D eigenvalue weighted by atomic mass is 10.1. The molecule has 9 heteroatoms. The molecule has 1 aromatic carbocycles. The predicted octanol–water partition coefficient (Wildman–Crippen LogP) is 3.68. The third-order valence-electron chi connectivity index (χ3n) is 4.23. The molecule has 0 aliphatic carbocycles. The van der Waals surface area contributed by atoms with Crippen molar-refractivity contribution in [3.63, 3.8) is 0 Å². The van der Waals surface area contributed by atoms with Gasteiger partial charge in [-0.25, -0.2) is 4.79 Å². The summed E-state index contributed by atoms with van der Waals surface area (Å²) in [6.07, 6.45) is 0. The lowest BCUT2D eigenvalue weighted by Gasteiger charge is -2.06. The van der Waals surface area contributed by atoms with Crippen LogP contribution in [-0.4, -0.2) is 39.5 Å². The molecule has 0 atom stereocenters. The first-order valence-electron chi connectivity index (χ1n) is 8.48. The van der Waals surface area contributed by atoms with Crippen molar-refractivity contribution >= 4 is 40.0 Å². The second-order valence-electron chi connectivity index (χ2n) is 6.05. The van der Waals surface area contributed by atoms with Gasteiger partial charge in [-0.05, 0) is 19.4 Å². The van der Waals surface area contributed by atoms with Gasteiger partial charge in [-0.15, -0.1) is 21.5 Å². The Labute approximate surface area is 171 Å². The molecule has 28 heavy (non-hydrogen) atoms. The van der Waals surface area contributed by atoms with E-state index in [1.807, 2.05) is 55.8 Å². The Balaban J connectivity index is 1.69. The van der Waals surface area contributed by atoms with E-state index in [-0.39, 0.29) is 11.7 Å². The number of rotatable bonds is 6. The van der Waals surface area contributed by atoms with Gasteiger partial charge >= 0.3 is 5.97 Å². The summed E-state index contributed by atoms with van der Waals surface area (Å²) in [6, 6.07) is 9.74. The van der Waals surface area contributed by atoms with Gasteiger partial charge in [0.1, 0.15) is 5.00 Å². The number of nitrogens with one attached hydrogen (secondary N) is 1. The Morgan fingerprint density at radius 2 is 1.93 bits per heavy atom. The van der Waals surface area contributed by atoms with Gasteiger partial charge in [0, 0.05) is 17.5 Å². The van der Waals surface area contributed by atoms with Gasteiger partial charge in [-0.3, -0.25) is 4.79 Å². The minimum atomic E-state index is -0.453. The van der Waals surface area contributed by atoms with Crippen molar-refractivity contribution in [2.75, 3.05) is 18.2 Å². The summed E-state index contributed by atoms with van der Waals surface area (Å²) in [6.45, 7) is 3.74. The summed E-state index contributed by atoms with van der Waals surface area (Å²) >= 11 is 2.65. The minimum absolute atomic E-state index is 0.150. The quantitative estimate of drug-likeness (QED) is 0.487. The van der Waals surface area contributed by atoms with Crippen LogP contribution in [0.25, 0.3) is 11.4 Å². The van der Waals surface area contributed by atoms with E-state index in [1.54, 1.807) is 0 Å². The van der Waals surface area contributed by atoms with Crippen LogP contribution < -0.4 is 5.32 Å². The van der Waals surface area contributed by atoms with Crippen molar-refractivity contribution in [3.8, 4) is 11.4 Å². The molecule has 3 rings (SSSR count). The summed E-state index contributed by atoms with van der Waals surface area (Å²) in [5.74, 6) is 0.212. The number of ether oxygens (including phenoxy) is 1. The van der Waals surface area contributed by atoms with Crippen LogP contribution >= 0.6 is 23.1 Å². The normalized spacial score (nSPS) is 10.7. The van der Waals surface area contributed by atoms with Crippen molar-refractivity contribution in [2.45, 2.75) is 19.0 Å². The van der Waals surface area contributed by atoms with Gasteiger partial charge in [-0.1, -0.05) is 42.1 Å². The second kappa shape index (κ2) is 8.57. The fourth-order valence-electron chi connectivity index (χ4n) is 2.63. The Hall–Kier alpha value is -2.65. The van der Waals surface area contributed by atoms with Gasteiger partial charge in [0.05, 0.1) is 18.4 Å². The number of thioether (sulfide) groups is 1. The highest BCUT2D eigenvalue weighted by molar-refractivity contribution is 7.99. The molecule has 0 aliphatic rings. The zero-order chi connectivity index (χ0) is 20.3. The van der Waals surface area contributed by atoms with Crippen LogP contribution in [0.5, 0.6) is 0 Å². The van der Waals surface area contributed by atoms with Gasteiger partial charge in [0.25, 0.3) is 0 Å². The molecule has 0 radical (unpaired) electrons. The molecule has 2 aromatic heterocycles. The molecule has 0 saturated heterocycles. The van der Waals surface area contributed by atoms with E-state index in [0.717, 1.165) is 21.8 Å². The number of nitrogens with zero attached hydrogens (tertiary/aromatic N) is 3. The van der Waals surface area contributed by atoms with E-state index in [1.165, 1.54) is 30.2 Å². The van der Waals surface area contributed by atoms with Gasteiger partial charge in [0.15, 0.2) is 11.0 Å². The number of aryl methyl sites for hydroxylation is 1. The van der Waals surface area contributed by atoms with Crippen LogP contribution in [0.1, 0.15) is 20.8 Å². The molecule has 1 N–H and O–H groups in total. The van der Waals surface area contributed by atoms with Crippen LogP contribution in [0, 0.1) is 13.8 Å². The maximum absolute atomic E-state index is 12.4. The number of hydrogen-bond acceptors (Lipinski definition) is 7. The Morgan fingerprint density at radius 3 is 2.61 bits per heavy atom. The number of aromatic nitrogens is 3. The summed E-state index contributed by atoms with van der Waals surface area (Å²) < 4.78 is 6.69. The first-order chi connectivity index (χ1) is 13.4. The molecule has 1 amide bonds. The Kier molecular flexibility index (Phi) is 6.15. The molecule has 0 unspecified atom stereocenters. The van der Waals surface area contributed by atoms with Crippen molar-refractivity contribution < 1.29 is 14.3 Å². The number of amides is 1. The average molecular weight is 417 g/mol. The highest BCUT2D eigenvalue weighted by atomic mass is 32.2. The number of thiophene rings is 1. The van der Waals surface area contributed by atoms with E-state index in [0.29, 0.717) is 15.7 Å². The van der Waals surface area contributed by atoms with Gasteiger partial charge in [0.2, 0.25) is 5.91 Å². The van der Waals surface area contributed by atoms with Gasteiger partial charge in [-0.2, -0.15) is 0 Å². The number of anilines is 1. The monoisotopic (exact) mass is 416 g/mol. The second-order valence-corrected chi connectivity index (χ2v) is 8.21. The van der Waals surface area contributed by atoms with Crippen LogP contribution in [0.15, 0.2) is 35.5 Å². The van der Waals surface area contributed by atoms with E-state index in [4.69, 9.17) is 4.74 Å². The lowest BCUT2D eigenvalue weighted by Crippen LogP contribution is -2.16. The number of carbonyl (C=O) groups is 2. The SMILES string of the molecule is COC(=O)c1c(NC(=O)CSc2nnc(-c3ccccc3)n2C)sc(C)c1C. The maximum Gasteiger partial charge on any atom is 0.341 e. The van der Waals surface area contributed by atoms with Crippen molar-refractivity contribution in [3.05, 3.63) is 46.3 Å². The third-order valence-corrected chi connectivity index (χ3v) is 6.37. The standard InChI is InChI=1S/C19H20N4O3S2/c1-11-12(2)28-17(15(11)18(25)26-4)20-14(24)10-27-19-22-21-16(23(19)3)13-8-6-5-7-9-13/h5-9H,10H2,1-4H3,(H,20,24). The molecule has 7 nitrogen and oxygen atoms in total. The molecule has 3 aromatic rings. The minimum Gasteiger partial charge on any atom is -0.465 e. The van der Waals surface area contributed by atoms with Crippen molar-refractivity contribution in [1.29, 1.82) is 0 Å². The topological polar surface area (TPSA) is 86.1 Å². The molecule has 0 saturated carbocycles. The molecule has 0 spiro atoms. The highest BCUT2D eigenvalue weighted by Crippen LogP contribution is 2.33. The fourth-order valence-corrected chi connectivity index (χ4v) is 4.41. The first kappa shape index (κ1) is 20.1. The average Bonchev–Trinajstić information content (AvgIpc) is 3.19. The summed E-state index contributed by atoms with van der Waals surface area (Å²) in [4.78, 5) is 25.4. The Morgan fingerprint density at radius 1 is 1.21 bits per heavy atom. The van der Waals surface area contributed by atoms with E-state index in [9.17, 15) is 9.59 Å². The zero-order valence-electron chi connectivity index (χ0n) is 16.0. The summed E-state index contributed by atoms with van der Waals surface area (Å²) in [7, 11) is 3.19.